The first-order valence-corrected chi connectivity index (χ1v) is 3.29. The molecule has 1 saturated heterocycles. The van der Waals surface area contributed by atoms with E-state index >= 15 is 0 Å². The molecule has 4 atom stereocenters. The van der Waals surface area contributed by atoms with Gasteiger partial charge in [0.25, 0.3) is 0 Å². The molecule has 1 aliphatic heterocycles. The zero-order valence-corrected chi connectivity index (χ0v) is 5.87. The molecule has 2 heteroatoms. The topological polar surface area (TPSA) is 29.5 Å². The lowest BCUT2D eigenvalue weighted by Crippen LogP contribution is -2.22. The van der Waals surface area contributed by atoms with Crippen LogP contribution in [0.4, 0.5) is 0 Å². The molecule has 0 unspecified atom stereocenters. The SMILES string of the molecule is [2H]C[C@H]1O[C@@H](C)[C@H](C)[C@@H]1O. The van der Waals surface area contributed by atoms with Gasteiger partial charge in [0.05, 0.1) is 18.3 Å². The highest BCUT2D eigenvalue weighted by molar-refractivity contribution is 4.82. The minimum Gasteiger partial charge on any atom is -0.390 e. The van der Waals surface area contributed by atoms with Crippen molar-refractivity contribution < 1.29 is 11.2 Å². The fourth-order valence-corrected chi connectivity index (χ4v) is 1.10. The monoisotopic (exact) mass is 131 g/mol. The van der Waals surface area contributed by atoms with Gasteiger partial charge in [0, 0.05) is 7.29 Å². The lowest BCUT2D eigenvalue weighted by atomic mass is 10.0. The van der Waals surface area contributed by atoms with E-state index in [-0.39, 0.29) is 25.0 Å². The Morgan fingerprint density at radius 1 is 1.44 bits per heavy atom. The van der Waals surface area contributed by atoms with Crippen molar-refractivity contribution in [1.82, 2.24) is 0 Å². The highest BCUT2D eigenvalue weighted by Crippen LogP contribution is 2.25. The third kappa shape index (κ3) is 1.10. The van der Waals surface area contributed by atoms with Crippen LogP contribution < -0.4 is 0 Å². The van der Waals surface area contributed by atoms with Crippen molar-refractivity contribution >= 4 is 0 Å². The van der Waals surface area contributed by atoms with E-state index in [1.807, 2.05) is 13.8 Å². The number of aliphatic hydroxyl groups is 1. The van der Waals surface area contributed by atoms with Crippen molar-refractivity contribution in [3.8, 4) is 0 Å². The maximum absolute atomic E-state index is 9.38. The molecular weight excluding hydrogens is 116 g/mol. The maximum atomic E-state index is 9.38. The fourth-order valence-electron chi connectivity index (χ4n) is 1.10. The van der Waals surface area contributed by atoms with Crippen molar-refractivity contribution in [2.24, 2.45) is 5.92 Å². The van der Waals surface area contributed by atoms with E-state index in [9.17, 15) is 5.11 Å². The summed E-state index contributed by atoms with van der Waals surface area (Å²) in [6, 6.07) is 0. The highest BCUT2D eigenvalue weighted by atomic mass is 16.5. The van der Waals surface area contributed by atoms with Crippen LogP contribution in [0, 0.1) is 5.92 Å². The number of aliphatic hydroxyl groups excluding tert-OH is 1. The Kier molecular flexibility index (Phi) is 1.44. The van der Waals surface area contributed by atoms with Gasteiger partial charge in [-0.3, -0.25) is 0 Å². The summed E-state index contributed by atoms with van der Waals surface area (Å²) in [7, 11) is 0. The Hall–Kier alpha value is -0.0800. The first-order chi connectivity index (χ1) is 4.66. The highest BCUT2D eigenvalue weighted by Gasteiger charge is 2.34. The summed E-state index contributed by atoms with van der Waals surface area (Å²) >= 11 is 0. The van der Waals surface area contributed by atoms with Crippen LogP contribution in [0.3, 0.4) is 0 Å². The van der Waals surface area contributed by atoms with E-state index < -0.39 is 6.10 Å². The molecule has 1 heterocycles. The standard InChI is InChI=1S/C7H14O2/c1-4-5(2)9-6(3)7(4)8/h4-8H,1-3H3/t4-,5-,6+,7-/m0/s1/i3D. The second-order valence-electron chi connectivity index (χ2n) is 2.73. The van der Waals surface area contributed by atoms with Gasteiger partial charge in [-0.1, -0.05) is 6.92 Å². The molecule has 9 heavy (non-hydrogen) atoms. The molecule has 2 nitrogen and oxygen atoms in total. The van der Waals surface area contributed by atoms with Gasteiger partial charge in [0.2, 0.25) is 0 Å². The number of hydrogen-bond donors (Lipinski definition) is 1. The van der Waals surface area contributed by atoms with Gasteiger partial charge in [-0.05, 0) is 13.8 Å². The molecule has 0 saturated carbocycles. The third-order valence-corrected chi connectivity index (χ3v) is 2.05. The van der Waals surface area contributed by atoms with Crippen molar-refractivity contribution in [1.29, 1.82) is 0 Å². The second-order valence-corrected chi connectivity index (χ2v) is 2.73. The summed E-state index contributed by atoms with van der Waals surface area (Å²) in [5.41, 5.74) is 0. The average molecular weight is 131 g/mol. The molecule has 1 N–H and O–H groups in total. The fraction of sp³-hybridized carbons (Fsp3) is 1.00. The van der Waals surface area contributed by atoms with Crippen LogP contribution in [0.5, 0.6) is 0 Å². The zero-order valence-electron chi connectivity index (χ0n) is 6.87. The molecule has 0 aromatic heterocycles. The van der Waals surface area contributed by atoms with Crippen LogP contribution in [-0.2, 0) is 4.74 Å². The van der Waals surface area contributed by atoms with Crippen molar-refractivity contribution in [2.45, 2.75) is 39.1 Å². The Bertz CT molecular complexity index is 118. The summed E-state index contributed by atoms with van der Waals surface area (Å²) in [6.07, 6.45) is -0.595. The Labute approximate surface area is 57.2 Å². The van der Waals surface area contributed by atoms with Gasteiger partial charge in [0.15, 0.2) is 0 Å². The van der Waals surface area contributed by atoms with Gasteiger partial charge < -0.3 is 9.84 Å². The summed E-state index contributed by atoms with van der Waals surface area (Å²) in [5.74, 6) is 0.176. The summed E-state index contributed by atoms with van der Waals surface area (Å²) in [6.45, 7) is 4.05. The van der Waals surface area contributed by atoms with Gasteiger partial charge in [0.1, 0.15) is 0 Å². The first-order valence-electron chi connectivity index (χ1n) is 4.00. The summed E-state index contributed by atoms with van der Waals surface area (Å²) < 4.78 is 12.3. The van der Waals surface area contributed by atoms with E-state index in [4.69, 9.17) is 6.11 Å². The molecule has 0 bridgehead atoms. The van der Waals surface area contributed by atoms with Crippen LogP contribution in [0.15, 0.2) is 0 Å². The van der Waals surface area contributed by atoms with Gasteiger partial charge in [-0.2, -0.15) is 0 Å². The van der Waals surface area contributed by atoms with Crippen LogP contribution in [0.2, 0.25) is 0 Å². The number of rotatable bonds is 0. The molecule has 1 aliphatic rings. The molecule has 0 aromatic carbocycles. The predicted octanol–water partition coefficient (Wildman–Crippen LogP) is 0.791. The van der Waals surface area contributed by atoms with Crippen molar-refractivity contribution in [3.63, 3.8) is 0 Å². The molecule has 1 rings (SSSR count). The molecule has 0 aliphatic carbocycles. The second kappa shape index (κ2) is 2.27. The molecule has 0 spiro atoms. The van der Waals surface area contributed by atoms with E-state index in [2.05, 4.69) is 0 Å². The first kappa shape index (κ1) is 5.69. The van der Waals surface area contributed by atoms with Gasteiger partial charge in [-0.15, -0.1) is 0 Å². The van der Waals surface area contributed by atoms with Gasteiger partial charge in [-0.25, -0.2) is 0 Å². The zero-order chi connectivity index (χ0) is 7.72. The summed E-state index contributed by atoms with van der Waals surface area (Å²) in [4.78, 5) is 0. The van der Waals surface area contributed by atoms with E-state index in [1.165, 1.54) is 0 Å². The molecular formula is C7H14O2. The van der Waals surface area contributed by atoms with Crippen LogP contribution in [0.1, 0.15) is 22.1 Å². The average Bonchev–Trinajstić information content (AvgIpc) is 2.17. The lowest BCUT2D eigenvalue weighted by Gasteiger charge is -2.09. The normalized spacial score (nSPS) is 53.4. The maximum Gasteiger partial charge on any atom is 0.0849 e. The van der Waals surface area contributed by atoms with E-state index in [0.29, 0.717) is 0 Å². The molecule has 0 amide bonds. The van der Waals surface area contributed by atoms with Gasteiger partial charge >= 0.3 is 0 Å². The molecule has 54 valence electrons. The van der Waals surface area contributed by atoms with E-state index in [0.717, 1.165) is 0 Å². The van der Waals surface area contributed by atoms with Crippen LogP contribution in [0.25, 0.3) is 0 Å². The molecule has 1 fully saturated rings. The number of hydrogen-bond acceptors (Lipinski definition) is 2. The molecule has 0 aromatic rings. The van der Waals surface area contributed by atoms with Crippen LogP contribution >= 0.6 is 0 Å². The van der Waals surface area contributed by atoms with Crippen molar-refractivity contribution in [3.05, 3.63) is 0 Å². The third-order valence-electron chi connectivity index (χ3n) is 2.05. The molecule has 0 radical (unpaired) electrons. The largest absolute Gasteiger partial charge is 0.390 e. The smallest absolute Gasteiger partial charge is 0.0849 e. The number of ether oxygens (including phenoxy) is 1. The quantitative estimate of drug-likeness (QED) is 0.526. The van der Waals surface area contributed by atoms with Crippen molar-refractivity contribution in [2.75, 3.05) is 0 Å². The Morgan fingerprint density at radius 2 is 2.11 bits per heavy atom. The Balaban J connectivity index is 2.53. The minimum absolute atomic E-state index is 0.102. The van der Waals surface area contributed by atoms with Crippen LogP contribution in [-0.4, -0.2) is 23.4 Å². The Morgan fingerprint density at radius 3 is 2.33 bits per heavy atom. The summed E-state index contributed by atoms with van der Waals surface area (Å²) in [5, 5.41) is 9.38. The minimum atomic E-state index is -0.438. The predicted molar refractivity (Wildman–Crippen MR) is 35.2 cm³/mol. The van der Waals surface area contributed by atoms with E-state index in [1.54, 1.807) is 0 Å². The lowest BCUT2D eigenvalue weighted by molar-refractivity contribution is 0.0287.